The van der Waals surface area contributed by atoms with E-state index in [0.29, 0.717) is 19.5 Å². The zero-order chi connectivity index (χ0) is 11.7. The summed E-state index contributed by atoms with van der Waals surface area (Å²) in [5.41, 5.74) is 10.5. The first-order chi connectivity index (χ1) is 7.07. The molecule has 0 rings (SSSR count). The molecule has 1 amide bonds. The fourth-order valence-corrected chi connectivity index (χ4v) is 1.01. The molecule has 0 aromatic heterocycles. The highest BCUT2D eigenvalue weighted by Crippen LogP contribution is 1.93. The fourth-order valence-electron chi connectivity index (χ4n) is 1.01. The van der Waals surface area contributed by atoms with Crippen molar-refractivity contribution in [2.75, 3.05) is 13.1 Å². The topological polar surface area (TPSA) is 118 Å². The van der Waals surface area contributed by atoms with Gasteiger partial charge in [0.05, 0.1) is 0 Å². The Bertz CT molecular complexity index is 209. The Kier molecular flexibility index (Phi) is 7.57. The number of hydrogen-bond acceptors (Lipinski definition) is 4. The third kappa shape index (κ3) is 7.90. The predicted molar refractivity (Wildman–Crippen MR) is 56.1 cm³/mol. The van der Waals surface area contributed by atoms with Crippen LogP contribution in [0, 0.1) is 0 Å². The summed E-state index contributed by atoms with van der Waals surface area (Å²) in [5.74, 6) is -1.13. The summed E-state index contributed by atoms with van der Waals surface area (Å²) in [4.78, 5) is 21.5. The minimum absolute atomic E-state index is 0.0824. The number of carboxylic acids is 1. The summed E-state index contributed by atoms with van der Waals surface area (Å²) in [6.07, 6.45) is 2.26. The zero-order valence-corrected chi connectivity index (χ0v) is 8.74. The number of carbonyl (C=O) groups is 2. The molecule has 0 aromatic rings. The monoisotopic (exact) mass is 217 g/mol. The van der Waals surface area contributed by atoms with Crippen LogP contribution in [0.2, 0.25) is 0 Å². The van der Waals surface area contributed by atoms with Crippen LogP contribution in [-0.2, 0) is 9.59 Å². The van der Waals surface area contributed by atoms with E-state index in [9.17, 15) is 9.59 Å². The number of amides is 1. The molecule has 0 aromatic carbocycles. The molecule has 0 heterocycles. The van der Waals surface area contributed by atoms with Gasteiger partial charge in [-0.2, -0.15) is 0 Å². The highest BCUT2D eigenvalue weighted by molar-refractivity contribution is 5.76. The van der Waals surface area contributed by atoms with Crippen molar-refractivity contribution < 1.29 is 14.7 Å². The second kappa shape index (κ2) is 8.19. The first-order valence-corrected chi connectivity index (χ1v) is 5.03. The van der Waals surface area contributed by atoms with Crippen molar-refractivity contribution in [1.29, 1.82) is 0 Å². The maximum Gasteiger partial charge on any atom is 0.320 e. The van der Waals surface area contributed by atoms with E-state index >= 15 is 0 Å². The maximum atomic E-state index is 11.1. The van der Waals surface area contributed by atoms with Gasteiger partial charge in [-0.05, 0) is 25.8 Å². The summed E-state index contributed by atoms with van der Waals surface area (Å²) in [5, 5.41) is 11.1. The van der Waals surface area contributed by atoms with E-state index in [-0.39, 0.29) is 12.3 Å². The largest absolute Gasteiger partial charge is 0.480 e. The summed E-state index contributed by atoms with van der Waals surface area (Å²) < 4.78 is 0. The average molecular weight is 217 g/mol. The first kappa shape index (κ1) is 13.9. The summed E-state index contributed by atoms with van der Waals surface area (Å²) >= 11 is 0. The van der Waals surface area contributed by atoms with Gasteiger partial charge in [0.1, 0.15) is 6.04 Å². The normalized spacial score (nSPS) is 12.1. The van der Waals surface area contributed by atoms with Crippen molar-refractivity contribution in [1.82, 2.24) is 5.32 Å². The molecule has 0 saturated heterocycles. The number of carbonyl (C=O) groups excluding carboxylic acids is 1. The average Bonchev–Trinajstić information content (AvgIpc) is 2.18. The van der Waals surface area contributed by atoms with Crippen LogP contribution in [-0.4, -0.2) is 36.1 Å². The minimum Gasteiger partial charge on any atom is -0.480 e. The van der Waals surface area contributed by atoms with Crippen LogP contribution in [0.5, 0.6) is 0 Å². The third-order valence-corrected chi connectivity index (χ3v) is 1.95. The van der Waals surface area contributed by atoms with E-state index in [1.807, 2.05) is 0 Å². The Hall–Kier alpha value is -1.14. The van der Waals surface area contributed by atoms with E-state index in [4.69, 9.17) is 16.6 Å². The van der Waals surface area contributed by atoms with Crippen LogP contribution in [0.3, 0.4) is 0 Å². The van der Waals surface area contributed by atoms with Crippen molar-refractivity contribution in [2.45, 2.75) is 31.7 Å². The lowest BCUT2D eigenvalue weighted by Crippen LogP contribution is -2.35. The Morgan fingerprint density at radius 2 is 2.00 bits per heavy atom. The molecule has 1 unspecified atom stereocenters. The molecule has 15 heavy (non-hydrogen) atoms. The molecule has 0 spiro atoms. The standard InChI is InChI=1S/C9H19N3O3/c10-5-2-1-3-8(13)12-6-4-7(11)9(14)15/h7H,1-6,10-11H2,(H,12,13)(H,14,15). The van der Waals surface area contributed by atoms with E-state index in [1.165, 1.54) is 0 Å². The van der Waals surface area contributed by atoms with Crippen molar-refractivity contribution in [3.05, 3.63) is 0 Å². The second-order valence-corrected chi connectivity index (χ2v) is 3.33. The predicted octanol–water partition coefficient (Wildman–Crippen LogP) is -0.966. The summed E-state index contributed by atoms with van der Waals surface area (Å²) in [6.45, 7) is 0.881. The van der Waals surface area contributed by atoms with Crippen molar-refractivity contribution in [3.63, 3.8) is 0 Å². The summed E-state index contributed by atoms with van der Waals surface area (Å²) in [7, 11) is 0. The van der Waals surface area contributed by atoms with Crippen LogP contribution in [0.15, 0.2) is 0 Å². The molecule has 88 valence electrons. The lowest BCUT2D eigenvalue weighted by Gasteiger charge is -2.07. The lowest BCUT2D eigenvalue weighted by atomic mass is 10.2. The van der Waals surface area contributed by atoms with Gasteiger partial charge in [0, 0.05) is 13.0 Å². The number of nitrogens with one attached hydrogen (secondary N) is 1. The quantitative estimate of drug-likeness (QED) is 0.390. The zero-order valence-electron chi connectivity index (χ0n) is 8.74. The van der Waals surface area contributed by atoms with Crippen LogP contribution < -0.4 is 16.8 Å². The van der Waals surface area contributed by atoms with Gasteiger partial charge < -0.3 is 21.9 Å². The van der Waals surface area contributed by atoms with Gasteiger partial charge in [-0.25, -0.2) is 0 Å². The SMILES string of the molecule is NCCCCC(=O)NCCC(N)C(=O)O. The van der Waals surface area contributed by atoms with Gasteiger partial charge >= 0.3 is 5.97 Å². The van der Waals surface area contributed by atoms with Crippen molar-refractivity contribution >= 4 is 11.9 Å². The number of carboxylic acid groups (broad SMARTS) is 1. The van der Waals surface area contributed by atoms with Gasteiger partial charge in [0.25, 0.3) is 0 Å². The molecule has 1 atom stereocenters. The fraction of sp³-hybridized carbons (Fsp3) is 0.778. The molecule has 6 nitrogen and oxygen atoms in total. The molecule has 6 N–H and O–H groups in total. The molecule has 6 heteroatoms. The van der Waals surface area contributed by atoms with E-state index in [2.05, 4.69) is 5.32 Å². The molecule has 0 aliphatic heterocycles. The lowest BCUT2D eigenvalue weighted by molar-refractivity contribution is -0.138. The highest BCUT2D eigenvalue weighted by atomic mass is 16.4. The molecule has 0 bridgehead atoms. The molecule has 0 radical (unpaired) electrons. The number of nitrogens with two attached hydrogens (primary N) is 2. The Morgan fingerprint density at radius 1 is 1.33 bits per heavy atom. The van der Waals surface area contributed by atoms with Gasteiger partial charge in [0.2, 0.25) is 5.91 Å². The number of hydrogen-bond donors (Lipinski definition) is 4. The van der Waals surface area contributed by atoms with Gasteiger partial charge in [-0.15, -0.1) is 0 Å². The molecule has 0 aliphatic rings. The van der Waals surface area contributed by atoms with E-state index in [0.717, 1.165) is 12.8 Å². The molecule has 0 fully saturated rings. The molecular weight excluding hydrogens is 198 g/mol. The molecule has 0 saturated carbocycles. The molecular formula is C9H19N3O3. The van der Waals surface area contributed by atoms with E-state index in [1.54, 1.807) is 0 Å². The summed E-state index contributed by atoms with van der Waals surface area (Å²) in [6, 6.07) is -0.908. The van der Waals surface area contributed by atoms with Gasteiger partial charge in [-0.3, -0.25) is 9.59 Å². The van der Waals surface area contributed by atoms with Crippen LogP contribution >= 0.6 is 0 Å². The van der Waals surface area contributed by atoms with Crippen LogP contribution in [0.1, 0.15) is 25.7 Å². The first-order valence-electron chi connectivity index (χ1n) is 5.03. The van der Waals surface area contributed by atoms with Crippen molar-refractivity contribution in [3.8, 4) is 0 Å². The Morgan fingerprint density at radius 3 is 2.53 bits per heavy atom. The number of aliphatic carboxylic acids is 1. The molecule has 0 aliphatic carbocycles. The number of unbranched alkanes of at least 4 members (excludes halogenated alkanes) is 1. The highest BCUT2D eigenvalue weighted by Gasteiger charge is 2.10. The minimum atomic E-state index is -1.05. The Labute approximate surface area is 89.0 Å². The van der Waals surface area contributed by atoms with Gasteiger partial charge in [0.15, 0.2) is 0 Å². The number of rotatable bonds is 8. The van der Waals surface area contributed by atoms with E-state index < -0.39 is 12.0 Å². The smallest absolute Gasteiger partial charge is 0.320 e. The maximum absolute atomic E-state index is 11.1. The third-order valence-electron chi connectivity index (χ3n) is 1.95. The van der Waals surface area contributed by atoms with Gasteiger partial charge in [-0.1, -0.05) is 0 Å². The van der Waals surface area contributed by atoms with Crippen LogP contribution in [0.4, 0.5) is 0 Å². The second-order valence-electron chi connectivity index (χ2n) is 3.33. The Balaban J connectivity index is 3.42. The van der Waals surface area contributed by atoms with Crippen LogP contribution in [0.25, 0.3) is 0 Å². The van der Waals surface area contributed by atoms with Crippen molar-refractivity contribution in [2.24, 2.45) is 11.5 Å².